The number of likely N-dealkylation sites (tertiary alicyclic amines) is 2. The molecule has 11 nitrogen and oxygen atoms in total. The molecule has 3 aromatic heterocycles. The number of anilines is 3. The van der Waals surface area contributed by atoms with Crippen molar-refractivity contribution in [3.05, 3.63) is 47.0 Å². The van der Waals surface area contributed by atoms with Crippen LogP contribution in [-0.2, 0) is 6.54 Å². The zero-order valence-corrected chi connectivity index (χ0v) is 24.8. The van der Waals surface area contributed by atoms with Crippen molar-refractivity contribution in [1.82, 2.24) is 29.5 Å². The van der Waals surface area contributed by atoms with Crippen LogP contribution in [0.1, 0.15) is 23.8 Å². The first-order valence-electron chi connectivity index (χ1n) is 14.3. The Morgan fingerprint density at radius 1 is 1.21 bits per heavy atom. The first kappa shape index (κ1) is 26.7. The van der Waals surface area contributed by atoms with E-state index < -0.39 is 0 Å². The van der Waals surface area contributed by atoms with Crippen molar-refractivity contribution in [3.63, 3.8) is 0 Å². The number of nitrogens with zero attached hydrogens (tertiary/aromatic N) is 9. The normalized spacial score (nSPS) is 17.9. The number of amides is 2. The number of aliphatic hydroxyl groups excluding tert-OH is 1. The first-order chi connectivity index (χ1) is 20.3. The van der Waals surface area contributed by atoms with Gasteiger partial charge >= 0.3 is 6.03 Å². The molecule has 3 aliphatic heterocycles. The predicted molar refractivity (Wildman–Crippen MR) is 162 cm³/mol. The van der Waals surface area contributed by atoms with Gasteiger partial charge in [-0.15, -0.1) is 0 Å². The van der Waals surface area contributed by atoms with Crippen LogP contribution in [-0.4, -0.2) is 93.1 Å². The number of carbonyl (C=O) groups is 1. The molecular weight excluding hydrogens is 550 g/mol. The van der Waals surface area contributed by atoms with E-state index in [1.807, 2.05) is 58.9 Å². The molecule has 0 bridgehead atoms. The summed E-state index contributed by atoms with van der Waals surface area (Å²) >= 11 is 1.38. The standard InChI is InChI=1S/C30H33N9O2S/c1-4-39-27(35(3)28-33-25(24(12-31)42-28)20-7-5-19(2)6-8-20)23-11-21(13-32-26(23)34-39)36-10-9-30(16-36)17-38(18-30)29(41)37-14-22(40)15-37/h5-8,11,13,22,40H,4,9-10,14-18H2,1-3H3. The van der Waals surface area contributed by atoms with Crippen LogP contribution in [0.25, 0.3) is 22.3 Å². The van der Waals surface area contributed by atoms with Gasteiger partial charge in [-0.05, 0) is 26.3 Å². The summed E-state index contributed by atoms with van der Waals surface area (Å²) in [7, 11) is 1.97. The van der Waals surface area contributed by atoms with E-state index in [0.717, 1.165) is 65.7 Å². The van der Waals surface area contributed by atoms with E-state index in [-0.39, 0.29) is 17.6 Å². The minimum Gasteiger partial charge on any atom is -0.389 e. The maximum atomic E-state index is 12.7. The lowest BCUT2D eigenvalue weighted by molar-refractivity contribution is -0.0161. The summed E-state index contributed by atoms with van der Waals surface area (Å²) in [5.41, 5.74) is 4.58. The number of thiazole rings is 1. The summed E-state index contributed by atoms with van der Waals surface area (Å²) in [4.78, 5) is 30.9. The Bertz CT molecular complexity index is 1710. The van der Waals surface area contributed by atoms with Crippen LogP contribution < -0.4 is 9.80 Å². The largest absolute Gasteiger partial charge is 0.389 e. The number of aromatic nitrogens is 4. The fourth-order valence-corrected chi connectivity index (χ4v) is 7.24. The Hall–Kier alpha value is -4.21. The highest BCUT2D eigenvalue weighted by molar-refractivity contribution is 7.16. The molecule has 4 aromatic rings. The molecule has 42 heavy (non-hydrogen) atoms. The molecule has 12 heteroatoms. The molecule has 3 saturated heterocycles. The molecule has 0 atom stereocenters. The molecule has 3 fully saturated rings. The van der Waals surface area contributed by atoms with Crippen molar-refractivity contribution in [3.8, 4) is 17.3 Å². The fraction of sp³-hybridized carbons (Fsp3) is 0.433. The predicted octanol–water partition coefficient (Wildman–Crippen LogP) is 3.83. The third-order valence-corrected chi connectivity index (χ3v) is 9.80. The van der Waals surface area contributed by atoms with E-state index in [4.69, 9.17) is 15.1 Å². The van der Waals surface area contributed by atoms with Crippen LogP contribution in [0.2, 0.25) is 0 Å². The molecule has 1 spiro atoms. The second kappa shape index (κ2) is 9.96. The van der Waals surface area contributed by atoms with Gasteiger partial charge in [-0.25, -0.2) is 19.4 Å². The van der Waals surface area contributed by atoms with Gasteiger partial charge in [0.1, 0.15) is 22.5 Å². The Morgan fingerprint density at radius 2 is 1.98 bits per heavy atom. The molecule has 3 aliphatic rings. The molecule has 0 saturated carbocycles. The van der Waals surface area contributed by atoms with Crippen molar-refractivity contribution >= 4 is 45.0 Å². The number of rotatable bonds is 5. The number of aliphatic hydroxyl groups is 1. The highest BCUT2D eigenvalue weighted by atomic mass is 32.1. The Kier molecular flexibility index (Phi) is 6.32. The maximum Gasteiger partial charge on any atom is 0.320 e. The number of benzene rings is 1. The van der Waals surface area contributed by atoms with Crippen molar-refractivity contribution in [2.24, 2.45) is 5.41 Å². The smallest absolute Gasteiger partial charge is 0.320 e. The number of hydrogen-bond donors (Lipinski definition) is 1. The Labute approximate surface area is 248 Å². The van der Waals surface area contributed by atoms with Gasteiger partial charge in [0, 0.05) is 50.7 Å². The third kappa shape index (κ3) is 4.35. The first-order valence-corrected chi connectivity index (χ1v) is 15.1. The summed E-state index contributed by atoms with van der Waals surface area (Å²) in [6.07, 6.45) is 2.54. The minimum atomic E-state index is -0.381. The van der Waals surface area contributed by atoms with Crippen LogP contribution in [0.15, 0.2) is 36.5 Å². The van der Waals surface area contributed by atoms with Crippen LogP contribution in [0.3, 0.4) is 0 Å². The topological polar surface area (TPSA) is 118 Å². The second-order valence-electron chi connectivity index (χ2n) is 11.8. The number of hydrogen-bond acceptors (Lipinski definition) is 9. The number of pyridine rings is 1. The van der Waals surface area contributed by atoms with Crippen LogP contribution in [0.5, 0.6) is 0 Å². The lowest BCUT2D eigenvalue weighted by atomic mass is 9.79. The van der Waals surface area contributed by atoms with Crippen LogP contribution in [0, 0.1) is 23.7 Å². The quantitative estimate of drug-likeness (QED) is 0.377. The van der Waals surface area contributed by atoms with E-state index in [1.54, 1.807) is 4.90 Å². The monoisotopic (exact) mass is 583 g/mol. The molecule has 1 N–H and O–H groups in total. The number of carbonyl (C=O) groups excluding carboxylic acids is 1. The van der Waals surface area contributed by atoms with Gasteiger partial charge < -0.3 is 24.7 Å². The Morgan fingerprint density at radius 3 is 2.67 bits per heavy atom. The van der Waals surface area contributed by atoms with Crippen LogP contribution in [0.4, 0.5) is 21.4 Å². The SMILES string of the molecule is CCn1nc2ncc(N3CCC4(CN(C(=O)N5CC(O)C5)C4)C3)cc2c1N(C)c1nc(-c2ccc(C)cc2)c(C#N)s1. The number of urea groups is 1. The van der Waals surface area contributed by atoms with E-state index in [9.17, 15) is 15.2 Å². The molecule has 0 unspecified atom stereocenters. The number of fused-ring (bicyclic) bond motifs is 1. The van der Waals surface area contributed by atoms with E-state index in [0.29, 0.717) is 35.9 Å². The average Bonchev–Trinajstić information content (AvgIpc) is 3.69. The van der Waals surface area contributed by atoms with Crippen molar-refractivity contribution < 1.29 is 9.90 Å². The van der Waals surface area contributed by atoms with E-state index in [1.165, 1.54) is 11.3 Å². The lowest BCUT2D eigenvalue weighted by Gasteiger charge is -2.51. The molecule has 0 aliphatic carbocycles. The molecule has 2 amide bonds. The zero-order valence-electron chi connectivity index (χ0n) is 24.0. The molecule has 216 valence electrons. The minimum absolute atomic E-state index is 0.0411. The van der Waals surface area contributed by atoms with Gasteiger partial charge in [-0.2, -0.15) is 10.4 Å². The number of aryl methyl sites for hydroxylation is 2. The average molecular weight is 584 g/mol. The van der Waals surface area contributed by atoms with Gasteiger partial charge in [0.05, 0.1) is 36.5 Å². The number of nitriles is 1. The van der Waals surface area contributed by atoms with Crippen molar-refractivity contribution in [2.75, 3.05) is 56.1 Å². The molecular formula is C30H33N9O2S. The molecule has 0 radical (unpaired) electrons. The van der Waals surface area contributed by atoms with Gasteiger partial charge in [-0.1, -0.05) is 41.2 Å². The summed E-state index contributed by atoms with van der Waals surface area (Å²) in [5, 5.41) is 25.9. The lowest BCUT2D eigenvalue weighted by Crippen LogP contribution is -2.66. The van der Waals surface area contributed by atoms with Crippen molar-refractivity contribution in [1.29, 1.82) is 5.26 Å². The molecule has 6 heterocycles. The van der Waals surface area contributed by atoms with Crippen LogP contribution >= 0.6 is 11.3 Å². The van der Waals surface area contributed by atoms with E-state index in [2.05, 4.69) is 24.0 Å². The summed E-state index contributed by atoms with van der Waals surface area (Å²) in [6, 6.07) is 12.6. The van der Waals surface area contributed by atoms with Gasteiger partial charge in [0.2, 0.25) is 0 Å². The summed E-state index contributed by atoms with van der Waals surface area (Å²) < 4.78 is 1.94. The maximum absolute atomic E-state index is 12.7. The molecule has 7 rings (SSSR count). The Balaban J connectivity index is 1.14. The third-order valence-electron chi connectivity index (χ3n) is 8.76. The molecule has 1 aromatic carbocycles. The van der Waals surface area contributed by atoms with E-state index >= 15 is 0 Å². The second-order valence-corrected chi connectivity index (χ2v) is 12.8. The fourth-order valence-electron chi connectivity index (χ4n) is 6.39. The summed E-state index contributed by atoms with van der Waals surface area (Å²) in [5.74, 6) is 0.890. The number of β-amino-alcohol motifs (C(OH)–C–C–N with tert-alkyl or cyclic N) is 1. The van der Waals surface area contributed by atoms with Crippen molar-refractivity contribution in [2.45, 2.75) is 32.9 Å². The summed E-state index contributed by atoms with van der Waals surface area (Å²) in [6.45, 7) is 8.92. The highest BCUT2D eigenvalue weighted by Crippen LogP contribution is 2.43. The zero-order chi connectivity index (χ0) is 29.2. The van der Waals surface area contributed by atoms with Gasteiger partial charge in [-0.3, -0.25) is 0 Å². The van der Waals surface area contributed by atoms with Gasteiger partial charge in [0.25, 0.3) is 0 Å². The highest BCUT2D eigenvalue weighted by Gasteiger charge is 2.51. The van der Waals surface area contributed by atoms with Gasteiger partial charge in [0.15, 0.2) is 10.8 Å².